The van der Waals surface area contributed by atoms with Gasteiger partial charge in [0.25, 0.3) is 0 Å². The van der Waals surface area contributed by atoms with Crippen LogP contribution < -0.4 is 0 Å². The monoisotopic (exact) mass is 450 g/mol. The minimum Gasteiger partial charge on any atom is -0.348 e. The molecule has 1 aromatic carbocycles. The average molecular weight is 451 g/mol. The van der Waals surface area contributed by atoms with E-state index >= 15 is 0 Å². The van der Waals surface area contributed by atoms with Crippen molar-refractivity contribution in [3.63, 3.8) is 0 Å². The fourth-order valence-corrected chi connectivity index (χ4v) is 5.41. The Morgan fingerprint density at radius 3 is 1.88 bits per heavy atom. The van der Waals surface area contributed by atoms with E-state index in [1.807, 2.05) is 0 Å². The van der Waals surface area contributed by atoms with Gasteiger partial charge in [0.1, 0.15) is 0 Å². The summed E-state index contributed by atoms with van der Waals surface area (Å²) in [4.78, 5) is 0. The SMILES string of the molecule is CCCCCCCCCC[C@H]1CC[C@H](CC[C@H]2CO[C@H](c3ccc(F)c(F)c3)OC2)CC1. The summed E-state index contributed by atoms with van der Waals surface area (Å²) in [6, 6.07) is 3.84. The summed E-state index contributed by atoms with van der Waals surface area (Å²) in [7, 11) is 0. The molecule has 4 heteroatoms. The average Bonchev–Trinajstić information content (AvgIpc) is 2.82. The zero-order chi connectivity index (χ0) is 22.6. The quantitative estimate of drug-likeness (QED) is 0.280. The van der Waals surface area contributed by atoms with Crippen molar-refractivity contribution in [3.05, 3.63) is 35.4 Å². The molecule has 2 nitrogen and oxygen atoms in total. The molecule has 1 saturated carbocycles. The van der Waals surface area contributed by atoms with E-state index < -0.39 is 17.9 Å². The lowest BCUT2D eigenvalue weighted by Crippen LogP contribution is -2.28. The van der Waals surface area contributed by atoms with E-state index in [1.165, 1.54) is 102 Å². The van der Waals surface area contributed by atoms with Crippen molar-refractivity contribution in [2.45, 2.75) is 110 Å². The number of hydrogen-bond acceptors (Lipinski definition) is 2. The van der Waals surface area contributed by atoms with E-state index in [-0.39, 0.29) is 0 Å². The van der Waals surface area contributed by atoms with Gasteiger partial charge in [0, 0.05) is 11.5 Å². The summed E-state index contributed by atoms with van der Waals surface area (Å²) >= 11 is 0. The standard InChI is InChI=1S/C28H44F2O2/c1-2-3-4-5-6-7-8-9-10-22-11-13-23(14-12-22)15-16-24-20-31-28(32-21-24)25-17-18-26(29)27(30)19-25/h17-19,22-24,28H,2-16,20-21H2,1H3/t22-,23-,24-,28-. The van der Waals surface area contributed by atoms with E-state index in [1.54, 1.807) is 0 Å². The fraction of sp³-hybridized carbons (Fsp3) is 0.786. The lowest BCUT2D eigenvalue weighted by atomic mass is 9.77. The van der Waals surface area contributed by atoms with Gasteiger partial charge in [0.15, 0.2) is 17.9 Å². The molecule has 0 radical (unpaired) electrons. The first-order valence-corrected chi connectivity index (χ1v) is 13.3. The molecule has 2 fully saturated rings. The van der Waals surface area contributed by atoms with E-state index in [0.717, 1.165) is 24.3 Å². The predicted octanol–water partition coefficient (Wildman–Crippen LogP) is 8.74. The molecule has 1 saturated heterocycles. The van der Waals surface area contributed by atoms with Crippen molar-refractivity contribution in [2.75, 3.05) is 13.2 Å². The first-order chi connectivity index (χ1) is 15.7. The second kappa shape index (κ2) is 14.3. The van der Waals surface area contributed by atoms with Crippen LogP contribution in [-0.2, 0) is 9.47 Å². The highest BCUT2D eigenvalue weighted by atomic mass is 19.2. The maximum Gasteiger partial charge on any atom is 0.183 e. The zero-order valence-electron chi connectivity index (χ0n) is 20.1. The second-order valence-electron chi connectivity index (χ2n) is 10.3. The normalized spacial score (nSPS) is 26.3. The van der Waals surface area contributed by atoms with Crippen LogP contribution in [0.2, 0.25) is 0 Å². The summed E-state index contributed by atoms with van der Waals surface area (Å²) < 4.78 is 38.2. The van der Waals surface area contributed by atoms with Gasteiger partial charge in [-0.2, -0.15) is 0 Å². The highest BCUT2D eigenvalue weighted by molar-refractivity contribution is 5.19. The Kier molecular flexibility index (Phi) is 11.5. The molecule has 1 aliphatic carbocycles. The van der Waals surface area contributed by atoms with Crippen LogP contribution >= 0.6 is 0 Å². The molecule has 0 spiro atoms. The number of halogens is 2. The lowest BCUT2D eigenvalue weighted by Gasteiger charge is -2.32. The molecule has 32 heavy (non-hydrogen) atoms. The molecule has 0 bridgehead atoms. The minimum absolute atomic E-state index is 0.409. The van der Waals surface area contributed by atoms with Crippen molar-refractivity contribution in [3.8, 4) is 0 Å². The maximum atomic E-state index is 13.4. The highest BCUT2D eigenvalue weighted by Gasteiger charge is 2.26. The Hall–Kier alpha value is -1.00. The molecule has 1 aliphatic heterocycles. The molecule has 0 aromatic heterocycles. The van der Waals surface area contributed by atoms with Crippen LogP contribution in [0.3, 0.4) is 0 Å². The topological polar surface area (TPSA) is 18.5 Å². The molecule has 0 amide bonds. The lowest BCUT2D eigenvalue weighted by molar-refractivity contribution is -0.206. The Labute approximate surface area is 194 Å². The number of ether oxygens (including phenoxy) is 2. The zero-order valence-corrected chi connectivity index (χ0v) is 20.1. The summed E-state index contributed by atoms with van der Waals surface area (Å²) in [5.74, 6) is 0.537. The number of hydrogen-bond donors (Lipinski definition) is 0. The molecular formula is C28H44F2O2. The van der Waals surface area contributed by atoms with E-state index in [0.29, 0.717) is 24.7 Å². The smallest absolute Gasteiger partial charge is 0.183 e. The highest BCUT2D eigenvalue weighted by Crippen LogP contribution is 2.36. The second-order valence-corrected chi connectivity index (χ2v) is 10.3. The van der Waals surface area contributed by atoms with Gasteiger partial charge in [-0.15, -0.1) is 0 Å². The van der Waals surface area contributed by atoms with Crippen molar-refractivity contribution < 1.29 is 18.3 Å². The molecule has 0 atom stereocenters. The van der Waals surface area contributed by atoms with Crippen molar-refractivity contribution >= 4 is 0 Å². The van der Waals surface area contributed by atoms with Gasteiger partial charge in [-0.05, 0) is 30.4 Å². The van der Waals surface area contributed by atoms with Crippen molar-refractivity contribution in [2.24, 2.45) is 17.8 Å². The molecule has 0 N–H and O–H groups in total. The van der Waals surface area contributed by atoms with E-state index in [9.17, 15) is 8.78 Å². The molecule has 182 valence electrons. The minimum atomic E-state index is -0.852. The Balaban J connectivity index is 1.21. The molecule has 2 aliphatic rings. The molecular weight excluding hydrogens is 406 g/mol. The van der Waals surface area contributed by atoms with E-state index in [4.69, 9.17) is 9.47 Å². The Morgan fingerprint density at radius 2 is 1.25 bits per heavy atom. The maximum absolute atomic E-state index is 13.4. The van der Waals surface area contributed by atoms with Crippen LogP contribution in [0.4, 0.5) is 8.78 Å². The Bertz CT molecular complexity index is 634. The number of benzene rings is 1. The van der Waals surface area contributed by atoms with E-state index in [2.05, 4.69) is 6.92 Å². The first kappa shape index (κ1) is 25.6. The molecule has 0 unspecified atom stereocenters. The third kappa shape index (κ3) is 8.74. The van der Waals surface area contributed by atoms with Crippen LogP contribution in [0.15, 0.2) is 18.2 Å². The van der Waals surface area contributed by atoms with Crippen LogP contribution in [0.25, 0.3) is 0 Å². The summed E-state index contributed by atoms with van der Waals surface area (Å²) in [6.07, 6.45) is 20.2. The van der Waals surface area contributed by atoms with Gasteiger partial charge in [-0.25, -0.2) is 8.78 Å². The fourth-order valence-electron chi connectivity index (χ4n) is 5.41. The summed E-state index contributed by atoms with van der Waals surface area (Å²) in [5, 5.41) is 0. The van der Waals surface area contributed by atoms with Crippen LogP contribution in [0.1, 0.15) is 115 Å². The van der Waals surface area contributed by atoms with Gasteiger partial charge < -0.3 is 9.47 Å². The predicted molar refractivity (Wildman–Crippen MR) is 126 cm³/mol. The molecule has 1 aromatic rings. The largest absolute Gasteiger partial charge is 0.348 e. The summed E-state index contributed by atoms with van der Waals surface area (Å²) in [6.45, 7) is 3.55. The van der Waals surface area contributed by atoms with Crippen molar-refractivity contribution in [1.29, 1.82) is 0 Å². The van der Waals surface area contributed by atoms with Gasteiger partial charge in [-0.3, -0.25) is 0 Å². The Morgan fingerprint density at radius 1 is 0.688 bits per heavy atom. The van der Waals surface area contributed by atoms with Gasteiger partial charge in [0.2, 0.25) is 0 Å². The first-order valence-electron chi connectivity index (χ1n) is 13.3. The van der Waals surface area contributed by atoms with Crippen LogP contribution in [-0.4, -0.2) is 13.2 Å². The van der Waals surface area contributed by atoms with Crippen molar-refractivity contribution in [1.82, 2.24) is 0 Å². The molecule has 1 heterocycles. The van der Waals surface area contributed by atoms with Gasteiger partial charge >= 0.3 is 0 Å². The van der Waals surface area contributed by atoms with Crippen LogP contribution in [0, 0.1) is 29.4 Å². The van der Waals surface area contributed by atoms with Gasteiger partial charge in [-0.1, -0.05) is 103 Å². The third-order valence-corrected chi connectivity index (χ3v) is 7.60. The molecule has 3 rings (SSSR count). The third-order valence-electron chi connectivity index (χ3n) is 7.60. The number of unbranched alkanes of at least 4 members (excludes halogenated alkanes) is 7. The van der Waals surface area contributed by atoms with Gasteiger partial charge in [0.05, 0.1) is 13.2 Å². The van der Waals surface area contributed by atoms with Crippen LogP contribution in [0.5, 0.6) is 0 Å². The summed E-state index contributed by atoms with van der Waals surface area (Å²) in [5.41, 5.74) is 0.553. The number of rotatable bonds is 13.